The van der Waals surface area contributed by atoms with Gasteiger partial charge in [0, 0.05) is 22.7 Å². The van der Waals surface area contributed by atoms with Gasteiger partial charge >= 0.3 is 0 Å². The summed E-state index contributed by atoms with van der Waals surface area (Å²) < 4.78 is 5.55. The Morgan fingerprint density at radius 1 is 1.25 bits per heavy atom. The van der Waals surface area contributed by atoms with Gasteiger partial charge < -0.3 is 10.2 Å². The van der Waals surface area contributed by atoms with E-state index in [2.05, 4.69) is 4.98 Å². The minimum Gasteiger partial charge on any atom is -0.431 e. The van der Waals surface area contributed by atoms with Gasteiger partial charge in [-0.3, -0.25) is 10.1 Å². The van der Waals surface area contributed by atoms with Crippen LogP contribution in [0.2, 0.25) is 0 Å². The predicted octanol–water partition coefficient (Wildman–Crippen LogP) is 3.47. The van der Waals surface area contributed by atoms with Crippen LogP contribution in [0.15, 0.2) is 57.0 Å². The number of aromatic nitrogens is 1. The van der Waals surface area contributed by atoms with Crippen molar-refractivity contribution in [1.82, 2.24) is 4.98 Å². The first kappa shape index (κ1) is 12.5. The number of nitrogens with zero attached hydrogens (tertiary/aromatic N) is 2. The Morgan fingerprint density at radius 2 is 2.05 bits per heavy atom. The topological polar surface area (TPSA) is 95.2 Å². The van der Waals surface area contributed by atoms with Crippen molar-refractivity contribution in [1.29, 1.82) is 0 Å². The second-order valence-electron chi connectivity index (χ2n) is 4.07. The molecule has 1 aromatic heterocycles. The van der Waals surface area contributed by atoms with Crippen LogP contribution in [-0.4, -0.2) is 9.91 Å². The number of hydrogen-bond donors (Lipinski definition) is 1. The summed E-state index contributed by atoms with van der Waals surface area (Å²) in [5, 5.41) is 11.2. The van der Waals surface area contributed by atoms with Crippen LogP contribution in [0.5, 0.6) is 0 Å². The Morgan fingerprint density at radius 3 is 2.80 bits per heavy atom. The number of nitro benzene ring substituents is 1. The van der Waals surface area contributed by atoms with Gasteiger partial charge in [0.1, 0.15) is 5.52 Å². The largest absolute Gasteiger partial charge is 0.431 e. The highest BCUT2D eigenvalue weighted by Crippen LogP contribution is 2.33. The first-order valence-corrected chi connectivity index (χ1v) is 6.52. The standard InChI is InChI=1S/C13H9N3O3S/c14-8-5-9(16(17)18)7-10(6-8)20-13-15-11-3-1-2-4-12(11)19-13/h1-7H,14H2. The van der Waals surface area contributed by atoms with E-state index in [9.17, 15) is 10.1 Å². The number of nitro groups is 1. The lowest BCUT2D eigenvalue weighted by atomic mass is 10.3. The van der Waals surface area contributed by atoms with Crippen LogP contribution in [0.4, 0.5) is 11.4 Å². The number of hydrogen-bond acceptors (Lipinski definition) is 6. The summed E-state index contributed by atoms with van der Waals surface area (Å²) in [6, 6.07) is 11.8. The Kier molecular flexibility index (Phi) is 3.03. The molecule has 0 bridgehead atoms. The first-order chi connectivity index (χ1) is 9.61. The highest BCUT2D eigenvalue weighted by molar-refractivity contribution is 7.99. The number of para-hydroxylation sites is 2. The van der Waals surface area contributed by atoms with E-state index in [0.29, 0.717) is 21.4 Å². The minimum atomic E-state index is -0.480. The van der Waals surface area contributed by atoms with Crippen LogP contribution in [0.1, 0.15) is 0 Å². The molecule has 2 N–H and O–H groups in total. The lowest BCUT2D eigenvalue weighted by Crippen LogP contribution is -1.92. The van der Waals surface area contributed by atoms with Gasteiger partial charge in [0.2, 0.25) is 0 Å². The third-order valence-corrected chi connectivity index (χ3v) is 3.42. The summed E-state index contributed by atoms with van der Waals surface area (Å²) in [6.45, 7) is 0. The van der Waals surface area contributed by atoms with Crippen molar-refractivity contribution in [3.8, 4) is 0 Å². The summed E-state index contributed by atoms with van der Waals surface area (Å²) in [7, 11) is 0. The third kappa shape index (κ3) is 2.43. The molecule has 0 aliphatic rings. The molecule has 6 nitrogen and oxygen atoms in total. The van der Waals surface area contributed by atoms with Crippen molar-refractivity contribution in [2.24, 2.45) is 0 Å². The molecule has 20 heavy (non-hydrogen) atoms. The van der Waals surface area contributed by atoms with Gasteiger partial charge in [0.25, 0.3) is 10.9 Å². The quantitative estimate of drug-likeness (QED) is 0.450. The molecule has 0 aliphatic carbocycles. The Hall–Kier alpha value is -2.54. The molecule has 0 aliphatic heterocycles. The summed E-state index contributed by atoms with van der Waals surface area (Å²) in [5.41, 5.74) is 7.35. The summed E-state index contributed by atoms with van der Waals surface area (Å²) in [6.07, 6.45) is 0. The molecule has 100 valence electrons. The number of nitrogen functional groups attached to an aromatic ring is 1. The molecule has 0 unspecified atom stereocenters. The number of oxazole rings is 1. The van der Waals surface area contributed by atoms with Gasteiger partial charge in [-0.1, -0.05) is 12.1 Å². The molecular formula is C13H9N3O3S. The Labute approximate surface area is 117 Å². The average molecular weight is 287 g/mol. The zero-order valence-electron chi connectivity index (χ0n) is 10.1. The first-order valence-electron chi connectivity index (χ1n) is 5.70. The van der Waals surface area contributed by atoms with E-state index in [4.69, 9.17) is 10.2 Å². The van der Waals surface area contributed by atoms with Gasteiger partial charge in [-0.05, 0) is 30.0 Å². The van der Waals surface area contributed by atoms with Gasteiger partial charge in [-0.15, -0.1) is 0 Å². The molecule has 0 amide bonds. The maximum Gasteiger partial charge on any atom is 0.272 e. The molecule has 0 fully saturated rings. The molecule has 3 rings (SSSR count). The highest BCUT2D eigenvalue weighted by Gasteiger charge is 2.12. The molecule has 1 heterocycles. The number of anilines is 1. The summed E-state index contributed by atoms with van der Waals surface area (Å²) >= 11 is 1.20. The molecular weight excluding hydrogens is 278 g/mol. The molecule has 2 aromatic carbocycles. The minimum absolute atomic E-state index is 0.0522. The van der Waals surface area contributed by atoms with Crippen molar-refractivity contribution in [3.63, 3.8) is 0 Å². The number of nitrogens with two attached hydrogens (primary N) is 1. The fourth-order valence-corrected chi connectivity index (χ4v) is 2.62. The van der Waals surface area contributed by atoms with Crippen molar-refractivity contribution in [2.45, 2.75) is 10.1 Å². The smallest absolute Gasteiger partial charge is 0.272 e. The zero-order chi connectivity index (χ0) is 14.1. The molecule has 0 saturated heterocycles. The summed E-state index contributed by atoms with van der Waals surface area (Å²) in [5.74, 6) is 0. The molecule has 0 spiro atoms. The van der Waals surface area contributed by atoms with E-state index in [1.54, 1.807) is 6.07 Å². The van der Waals surface area contributed by atoms with E-state index in [0.717, 1.165) is 5.52 Å². The molecule has 0 saturated carbocycles. The molecule has 7 heteroatoms. The van der Waals surface area contributed by atoms with Crippen LogP contribution in [0.3, 0.4) is 0 Å². The third-order valence-electron chi connectivity index (χ3n) is 2.60. The lowest BCUT2D eigenvalue weighted by molar-refractivity contribution is -0.385. The molecule has 0 atom stereocenters. The second kappa shape index (κ2) is 4.86. The number of fused-ring (bicyclic) bond motifs is 1. The fraction of sp³-hybridized carbons (Fsp3) is 0. The van der Waals surface area contributed by atoms with Gasteiger partial charge in [0.15, 0.2) is 5.58 Å². The van der Waals surface area contributed by atoms with Gasteiger partial charge in [-0.2, -0.15) is 0 Å². The van der Waals surface area contributed by atoms with Crippen molar-refractivity contribution >= 4 is 34.2 Å². The number of rotatable bonds is 3. The Bertz CT molecular complexity index is 767. The van der Waals surface area contributed by atoms with Gasteiger partial charge in [0.05, 0.1) is 4.92 Å². The average Bonchev–Trinajstić information content (AvgIpc) is 2.79. The monoisotopic (exact) mass is 287 g/mol. The van der Waals surface area contributed by atoms with E-state index < -0.39 is 4.92 Å². The second-order valence-corrected chi connectivity index (χ2v) is 5.09. The van der Waals surface area contributed by atoms with Crippen LogP contribution in [0.25, 0.3) is 11.1 Å². The van der Waals surface area contributed by atoms with Crippen LogP contribution < -0.4 is 5.73 Å². The number of benzene rings is 2. The van der Waals surface area contributed by atoms with Crippen molar-refractivity contribution in [3.05, 3.63) is 52.6 Å². The van der Waals surface area contributed by atoms with E-state index >= 15 is 0 Å². The van der Waals surface area contributed by atoms with Gasteiger partial charge in [-0.25, -0.2) is 4.98 Å². The van der Waals surface area contributed by atoms with E-state index in [1.807, 2.05) is 24.3 Å². The van der Waals surface area contributed by atoms with E-state index in [1.165, 1.54) is 23.9 Å². The maximum absolute atomic E-state index is 10.8. The van der Waals surface area contributed by atoms with Crippen LogP contribution in [0, 0.1) is 10.1 Å². The number of non-ortho nitro benzene ring substituents is 1. The highest BCUT2D eigenvalue weighted by atomic mass is 32.2. The molecule has 0 radical (unpaired) electrons. The van der Waals surface area contributed by atoms with Crippen LogP contribution in [-0.2, 0) is 0 Å². The zero-order valence-corrected chi connectivity index (χ0v) is 11.0. The van der Waals surface area contributed by atoms with Crippen LogP contribution >= 0.6 is 11.8 Å². The van der Waals surface area contributed by atoms with Crippen molar-refractivity contribution in [2.75, 3.05) is 5.73 Å². The van der Waals surface area contributed by atoms with E-state index in [-0.39, 0.29) is 5.69 Å². The lowest BCUT2D eigenvalue weighted by Gasteiger charge is -1.99. The normalized spacial score (nSPS) is 10.8. The fourth-order valence-electron chi connectivity index (χ4n) is 1.77. The molecule has 3 aromatic rings. The predicted molar refractivity (Wildman–Crippen MR) is 75.6 cm³/mol. The SMILES string of the molecule is Nc1cc(Sc2nc3ccccc3o2)cc([N+](=O)[O-])c1. The van der Waals surface area contributed by atoms with Crippen molar-refractivity contribution < 1.29 is 9.34 Å². The Balaban J connectivity index is 1.96. The maximum atomic E-state index is 10.8. The summed E-state index contributed by atoms with van der Waals surface area (Å²) in [4.78, 5) is 15.2.